The van der Waals surface area contributed by atoms with Crippen molar-refractivity contribution < 1.29 is 19.2 Å². The molecule has 0 saturated carbocycles. The molecule has 10 heteroatoms. The first-order valence-electron chi connectivity index (χ1n) is 10.6. The Hall–Kier alpha value is -2.16. The minimum absolute atomic E-state index is 0.0484. The van der Waals surface area contributed by atoms with Crippen LogP contribution in [0, 0.1) is 11.3 Å². The Morgan fingerprint density at radius 3 is 2.21 bits per heavy atom. The van der Waals surface area contributed by atoms with Gasteiger partial charge in [-0.1, -0.05) is 27.7 Å². The average Bonchev–Trinajstić information content (AvgIpc) is 3.19. The first kappa shape index (κ1) is 27.1. The normalized spacial score (nSPS) is 14.7. The summed E-state index contributed by atoms with van der Waals surface area (Å²) in [5.41, 5.74) is 1.83. The van der Waals surface area contributed by atoms with Crippen molar-refractivity contribution in [2.45, 2.75) is 75.7 Å². The fourth-order valence-electron chi connectivity index (χ4n) is 3.53. The third kappa shape index (κ3) is 6.05. The number of aliphatic hydroxyl groups excluding tert-OH is 1. The smallest absolute Gasteiger partial charge is 0.146 e. The van der Waals surface area contributed by atoms with E-state index in [1.165, 1.54) is 13.8 Å². The molecule has 1 heterocycles. The molecule has 0 aliphatic rings. The number of aromatic nitrogens is 1. The Labute approximate surface area is 199 Å². The van der Waals surface area contributed by atoms with Crippen molar-refractivity contribution in [3.63, 3.8) is 0 Å². The molecule has 0 spiro atoms. The Balaban J connectivity index is 2.62. The third-order valence-corrected chi connectivity index (χ3v) is 8.69. The second-order valence-electron chi connectivity index (χ2n) is 9.08. The number of rotatable bonds is 9. The van der Waals surface area contributed by atoms with E-state index in [0.717, 1.165) is 34.3 Å². The maximum Gasteiger partial charge on any atom is 0.146 e. The number of benzene rings is 1. The van der Waals surface area contributed by atoms with Gasteiger partial charge in [-0.25, -0.2) is 18.7 Å². The van der Waals surface area contributed by atoms with Crippen molar-refractivity contribution in [2.75, 3.05) is 6.54 Å². The van der Waals surface area contributed by atoms with Gasteiger partial charge in [0.25, 0.3) is 0 Å². The van der Waals surface area contributed by atoms with E-state index < -0.39 is 28.0 Å². The Morgan fingerprint density at radius 2 is 1.82 bits per heavy atom. The number of thiazole rings is 1. The van der Waals surface area contributed by atoms with Crippen molar-refractivity contribution in [3.8, 4) is 6.07 Å². The second kappa shape index (κ2) is 10.4. The lowest BCUT2D eigenvalue weighted by molar-refractivity contribution is -0.108. The van der Waals surface area contributed by atoms with E-state index in [0.29, 0.717) is 5.56 Å². The van der Waals surface area contributed by atoms with E-state index >= 15 is 0 Å². The third-order valence-electron chi connectivity index (χ3n) is 5.22. The summed E-state index contributed by atoms with van der Waals surface area (Å²) in [6, 6.07) is 5.74. The molecule has 33 heavy (non-hydrogen) atoms. The highest BCUT2D eigenvalue weighted by Gasteiger charge is 2.28. The number of aliphatic hydroxyl groups is 2. The topological polar surface area (TPSA) is 150 Å². The zero-order valence-electron chi connectivity index (χ0n) is 19.8. The summed E-state index contributed by atoms with van der Waals surface area (Å²) in [6.45, 7) is 10.4. The van der Waals surface area contributed by atoms with Crippen LogP contribution in [-0.2, 0) is 26.9 Å². The molecule has 2 atom stereocenters. The maximum atomic E-state index is 13.3. The van der Waals surface area contributed by atoms with Crippen LogP contribution in [0.5, 0.6) is 0 Å². The Morgan fingerprint density at radius 1 is 1.27 bits per heavy atom. The molecule has 2 rings (SSSR count). The molecule has 2 aromatic rings. The summed E-state index contributed by atoms with van der Waals surface area (Å²) in [7, 11) is -3.49. The molecule has 0 aliphatic heterocycles. The van der Waals surface area contributed by atoms with E-state index in [1.807, 2.05) is 27.7 Å². The zero-order valence-corrected chi connectivity index (χ0v) is 21.5. The number of nitrogens with zero attached hydrogens (tertiary/aromatic N) is 3. The lowest BCUT2D eigenvalue weighted by atomic mass is 9.81. The summed E-state index contributed by atoms with van der Waals surface area (Å²) in [4.78, 5) is 16.3. The van der Waals surface area contributed by atoms with Crippen LogP contribution in [0.2, 0.25) is 0 Å². The molecule has 180 valence electrons. The van der Waals surface area contributed by atoms with Gasteiger partial charge < -0.3 is 15.0 Å². The van der Waals surface area contributed by atoms with Gasteiger partial charge in [0.15, 0.2) is 0 Å². The summed E-state index contributed by atoms with van der Waals surface area (Å²) < 4.78 is 17.6. The van der Waals surface area contributed by atoms with Gasteiger partial charge in [0.1, 0.15) is 31.0 Å². The quantitative estimate of drug-likeness (QED) is 0.455. The molecule has 4 N–H and O–H groups in total. The van der Waals surface area contributed by atoms with Crippen LogP contribution in [0.25, 0.3) is 0 Å². The van der Waals surface area contributed by atoms with Crippen molar-refractivity contribution >= 4 is 27.5 Å². The number of hydrogen-bond acceptors (Lipinski definition) is 8. The number of nitrogens with two attached hydrogens (primary N) is 1. The van der Waals surface area contributed by atoms with Crippen LogP contribution in [0.1, 0.15) is 92.3 Å². The van der Waals surface area contributed by atoms with Gasteiger partial charge in [-0.2, -0.15) is 5.26 Å². The van der Waals surface area contributed by atoms with Crippen LogP contribution >= 0.6 is 11.3 Å². The molecule has 0 radical (unpaired) electrons. The van der Waals surface area contributed by atoms with Crippen LogP contribution in [0.15, 0.2) is 20.7 Å². The monoisotopic (exact) mass is 492 g/mol. The zero-order chi connectivity index (χ0) is 25.1. The lowest BCUT2D eigenvalue weighted by Crippen LogP contribution is -2.18. The maximum absolute atomic E-state index is 13.3. The van der Waals surface area contributed by atoms with Gasteiger partial charge in [0, 0.05) is 0 Å². The van der Waals surface area contributed by atoms with E-state index in [1.54, 1.807) is 12.1 Å². The molecule has 0 amide bonds. The van der Waals surface area contributed by atoms with Gasteiger partial charge in [-0.3, -0.25) is 0 Å². The van der Waals surface area contributed by atoms with Gasteiger partial charge in [0.2, 0.25) is 0 Å². The van der Waals surface area contributed by atoms with Crippen LogP contribution in [0.4, 0.5) is 0 Å². The van der Waals surface area contributed by atoms with Crippen molar-refractivity contribution in [2.24, 2.45) is 9.50 Å². The van der Waals surface area contributed by atoms with E-state index in [9.17, 15) is 24.5 Å². The van der Waals surface area contributed by atoms with Gasteiger partial charge in [0.05, 0.1) is 36.4 Å². The summed E-state index contributed by atoms with van der Waals surface area (Å²) in [5, 5.41) is 35.7. The molecule has 1 aromatic carbocycles. The molecule has 0 aliphatic carbocycles. The first-order chi connectivity index (χ1) is 15.3. The van der Waals surface area contributed by atoms with Crippen LogP contribution in [0.3, 0.4) is 0 Å². The SMILES string of the molecule is CC(C)c1cc(C#N)cc(C(C)C)c1C(C=O)CN=[S@@](N)(=O)c1sc(C(C)(C)O)nc1CO. The predicted octanol–water partition coefficient (Wildman–Crippen LogP) is 3.66. The summed E-state index contributed by atoms with van der Waals surface area (Å²) in [6.07, 6.45) is 0.764. The fourth-order valence-corrected chi connectivity index (χ4v) is 6.16. The summed E-state index contributed by atoms with van der Waals surface area (Å²) in [5.74, 6) is -0.615. The minimum atomic E-state index is -3.49. The molecule has 0 saturated heterocycles. The van der Waals surface area contributed by atoms with Crippen molar-refractivity contribution in [1.29, 1.82) is 5.26 Å². The van der Waals surface area contributed by atoms with Crippen molar-refractivity contribution in [3.05, 3.63) is 45.1 Å². The number of nitriles is 1. The number of hydrogen-bond donors (Lipinski definition) is 3. The molecule has 0 fully saturated rings. The average molecular weight is 493 g/mol. The van der Waals surface area contributed by atoms with Gasteiger partial charge in [-0.05, 0) is 54.5 Å². The highest BCUT2D eigenvalue weighted by Crippen LogP contribution is 2.35. The van der Waals surface area contributed by atoms with E-state index in [4.69, 9.17) is 5.14 Å². The number of carbonyl (C=O) groups excluding carboxylic acids is 1. The lowest BCUT2D eigenvalue weighted by Gasteiger charge is -2.23. The first-order valence-corrected chi connectivity index (χ1v) is 13.0. The van der Waals surface area contributed by atoms with Gasteiger partial charge >= 0.3 is 0 Å². The highest BCUT2D eigenvalue weighted by molar-refractivity contribution is 7.93. The predicted molar refractivity (Wildman–Crippen MR) is 129 cm³/mol. The Kier molecular flexibility index (Phi) is 8.54. The van der Waals surface area contributed by atoms with E-state index in [-0.39, 0.29) is 33.3 Å². The van der Waals surface area contributed by atoms with Crippen LogP contribution in [-0.4, -0.2) is 32.2 Å². The molecule has 8 nitrogen and oxygen atoms in total. The highest BCUT2D eigenvalue weighted by atomic mass is 32.2. The molecule has 0 bridgehead atoms. The largest absolute Gasteiger partial charge is 0.390 e. The number of aldehydes is 1. The molecule has 1 aromatic heterocycles. The number of carbonyl (C=O) groups is 1. The molecule has 1 unspecified atom stereocenters. The summed E-state index contributed by atoms with van der Waals surface area (Å²) >= 11 is 0.934. The molecular weight excluding hydrogens is 460 g/mol. The van der Waals surface area contributed by atoms with Crippen molar-refractivity contribution in [1.82, 2.24) is 4.98 Å². The van der Waals surface area contributed by atoms with E-state index in [2.05, 4.69) is 15.4 Å². The van der Waals surface area contributed by atoms with Gasteiger partial charge in [-0.15, -0.1) is 11.3 Å². The minimum Gasteiger partial charge on any atom is -0.390 e. The fraction of sp³-hybridized carbons (Fsp3) is 0.522. The standard InChI is InChI=1S/C23H32N4O4S2/c1-13(2)17-7-15(9-24)8-18(14(3)4)20(17)16(11-28)10-26-33(25,31)21-19(12-29)27-22(32-21)23(5,6)30/h7-8,11,13-14,16,29-30H,10,12H2,1-6H3,(H2,25,26,31)/t16?,33-/m1/s1. The molecular formula is C23H32N4O4S2. The van der Waals surface area contributed by atoms with Crippen LogP contribution < -0.4 is 5.14 Å². The Bertz CT molecular complexity index is 1150. The second-order valence-corrected chi connectivity index (χ2v) is 12.1.